The number of hydrogen-bond acceptors (Lipinski definition) is 3. The zero-order valence-corrected chi connectivity index (χ0v) is 12.4. The Labute approximate surface area is 126 Å². The molecule has 2 aromatic rings. The summed E-state index contributed by atoms with van der Waals surface area (Å²) in [5.41, 5.74) is 3.76. The summed E-state index contributed by atoms with van der Waals surface area (Å²) in [6, 6.07) is 11.6. The van der Waals surface area contributed by atoms with E-state index in [4.69, 9.17) is 23.8 Å². The Morgan fingerprint density at radius 3 is 2.89 bits per heavy atom. The summed E-state index contributed by atoms with van der Waals surface area (Å²) in [6.07, 6.45) is 1.73. The van der Waals surface area contributed by atoms with Gasteiger partial charge in [0.15, 0.2) is 5.11 Å². The Morgan fingerprint density at radius 2 is 2.16 bits per heavy atom. The summed E-state index contributed by atoms with van der Waals surface area (Å²) in [6.45, 7) is 0.569. The number of benzene rings is 1. The minimum absolute atomic E-state index is 0.465. The van der Waals surface area contributed by atoms with Crippen LogP contribution in [0.1, 0.15) is 10.4 Å². The van der Waals surface area contributed by atoms with E-state index in [-0.39, 0.29) is 0 Å². The van der Waals surface area contributed by atoms with Gasteiger partial charge in [-0.2, -0.15) is 5.10 Å². The molecule has 0 aliphatic carbocycles. The number of rotatable bonds is 4. The molecule has 0 saturated heterocycles. The first-order chi connectivity index (χ1) is 9.25. The number of thiocarbonyl (C=S) groups is 1. The Morgan fingerprint density at radius 1 is 1.32 bits per heavy atom. The van der Waals surface area contributed by atoms with Gasteiger partial charge in [-0.15, -0.1) is 11.3 Å². The summed E-state index contributed by atoms with van der Waals surface area (Å²) >= 11 is 12.8. The van der Waals surface area contributed by atoms with Crippen LogP contribution in [0.15, 0.2) is 46.9 Å². The van der Waals surface area contributed by atoms with Gasteiger partial charge in [0.2, 0.25) is 0 Å². The second-order valence-electron chi connectivity index (χ2n) is 3.66. The van der Waals surface area contributed by atoms with Gasteiger partial charge < -0.3 is 5.32 Å². The van der Waals surface area contributed by atoms with Crippen molar-refractivity contribution < 1.29 is 0 Å². The fourth-order valence-corrected chi connectivity index (χ4v) is 2.29. The maximum atomic E-state index is 6.05. The molecule has 0 amide bonds. The predicted molar refractivity (Wildman–Crippen MR) is 85.9 cm³/mol. The topological polar surface area (TPSA) is 36.4 Å². The van der Waals surface area contributed by atoms with Crippen LogP contribution < -0.4 is 10.7 Å². The maximum Gasteiger partial charge on any atom is 0.187 e. The fourth-order valence-electron chi connectivity index (χ4n) is 1.38. The second-order valence-corrected chi connectivity index (χ2v) is 5.45. The van der Waals surface area contributed by atoms with Crippen LogP contribution in [0.4, 0.5) is 0 Å². The fraction of sp³-hybridized carbons (Fsp3) is 0.0769. The molecule has 1 heterocycles. The molecule has 0 saturated carbocycles. The second kappa shape index (κ2) is 7.23. The largest absolute Gasteiger partial charge is 0.357 e. The molecule has 0 spiro atoms. The number of hydrogen-bond donors (Lipinski definition) is 2. The van der Waals surface area contributed by atoms with Gasteiger partial charge in [0.05, 0.1) is 6.21 Å². The van der Waals surface area contributed by atoms with Crippen molar-refractivity contribution in [1.82, 2.24) is 10.7 Å². The van der Waals surface area contributed by atoms with Crippen LogP contribution in [-0.4, -0.2) is 11.3 Å². The van der Waals surface area contributed by atoms with Crippen LogP contribution in [0.3, 0.4) is 0 Å². The molecule has 0 bridgehead atoms. The third-order valence-electron chi connectivity index (χ3n) is 2.30. The predicted octanol–water partition coefficient (Wildman–Crippen LogP) is 3.40. The van der Waals surface area contributed by atoms with Crippen LogP contribution >= 0.6 is 35.2 Å². The van der Waals surface area contributed by atoms with E-state index in [0.717, 1.165) is 15.5 Å². The van der Waals surface area contributed by atoms with Crippen molar-refractivity contribution in [3.05, 3.63) is 57.2 Å². The molecule has 2 N–H and O–H groups in total. The molecule has 1 aromatic carbocycles. The summed E-state index contributed by atoms with van der Waals surface area (Å²) in [5, 5.41) is 10.3. The number of nitrogens with zero attached hydrogens (tertiary/aromatic N) is 1. The lowest BCUT2D eigenvalue weighted by molar-refractivity contribution is 0.869. The Bertz CT molecular complexity index is 567. The normalized spacial score (nSPS) is 10.6. The van der Waals surface area contributed by atoms with E-state index < -0.39 is 0 Å². The number of hydrazone groups is 1. The van der Waals surface area contributed by atoms with Crippen molar-refractivity contribution in [3.8, 4) is 0 Å². The van der Waals surface area contributed by atoms with E-state index in [1.807, 2.05) is 41.8 Å². The quantitative estimate of drug-likeness (QED) is 0.516. The number of nitrogens with one attached hydrogen (secondary N) is 2. The lowest BCUT2D eigenvalue weighted by Gasteiger charge is -2.08. The molecule has 0 atom stereocenters. The molecule has 0 unspecified atom stereocenters. The molecule has 1 aromatic heterocycles. The highest BCUT2D eigenvalue weighted by Gasteiger charge is 1.99. The molecular weight excluding hydrogens is 298 g/mol. The van der Waals surface area contributed by atoms with Crippen LogP contribution in [0.2, 0.25) is 5.02 Å². The van der Waals surface area contributed by atoms with Gasteiger partial charge in [0.25, 0.3) is 0 Å². The van der Waals surface area contributed by atoms with Gasteiger partial charge in [-0.25, -0.2) is 0 Å². The maximum absolute atomic E-state index is 6.05. The van der Waals surface area contributed by atoms with Crippen molar-refractivity contribution in [2.75, 3.05) is 0 Å². The van der Waals surface area contributed by atoms with Crippen LogP contribution in [0.25, 0.3) is 0 Å². The van der Waals surface area contributed by atoms with Gasteiger partial charge in [-0.05, 0) is 35.3 Å². The third-order valence-corrected chi connectivity index (χ3v) is 3.71. The van der Waals surface area contributed by atoms with E-state index in [2.05, 4.69) is 15.8 Å². The first kappa shape index (κ1) is 14.0. The minimum atomic E-state index is 0.465. The monoisotopic (exact) mass is 309 g/mol. The lowest BCUT2D eigenvalue weighted by atomic mass is 10.2. The van der Waals surface area contributed by atoms with Crippen molar-refractivity contribution in [2.24, 2.45) is 5.10 Å². The van der Waals surface area contributed by atoms with Gasteiger partial charge in [-0.3, -0.25) is 5.43 Å². The lowest BCUT2D eigenvalue weighted by Crippen LogP contribution is -2.31. The highest BCUT2D eigenvalue weighted by Crippen LogP contribution is 2.14. The number of halogens is 1. The highest BCUT2D eigenvalue weighted by atomic mass is 35.5. The Hall–Kier alpha value is -1.43. The molecule has 3 nitrogen and oxygen atoms in total. The first-order valence-electron chi connectivity index (χ1n) is 5.59. The number of thiophene rings is 1. The summed E-state index contributed by atoms with van der Waals surface area (Å²) < 4.78 is 0. The van der Waals surface area contributed by atoms with E-state index in [1.54, 1.807) is 17.6 Å². The van der Waals surface area contributed by atoms with Crippen molar-refractivity contribution in [1.29, 1.82) is 0 Å². The molecular formula is C13H12ClN3S2. The molecule has 0 aliphatic heterocycles. The van der Waals surface area contributed by atoms with Crippen molar-refractivity contribution in [3.63, 3.8) is 0 Å². The van der Waals surface area contributed by atoms with E-state index in [1.165, 1.54) is 0 Å². The SMILES string of the molecule is S=C(NCc1ccccc1Cl)N/N=C/c1cccs1. The molecule has 6 heteroatoms. The smallest absolute Gasteiger partial charge is 0.187 e. The molecule has 2 rings (SSSR count). The van der Waals surface area contributed by atoms with Crippen molar-refractivity contribution >= 4 is 46.5 Å². The van der Waals surface area contributed by atoms with Crippen LogP contribution in [0, 0.1) is 0 Å². The van der Waals surface area contributed by atoms with Gasteiger partial charge in [-0.1, -0.05) is 35.9 Å². The third kappa shape index (κ3) is 4.63. The molecule has 98 valence electrons. The zero-order valence-electron chi connectivity index (χ0n) is 9.97. The van der Waals surface area contributed by atoms with Crippen LogP contribution in [0.5, 0.6) is 0 Å². The average Bonchev–Trinajstić information content (AvgIpc) is 2.91. The Kier molecular flexibility index (Phi) is 5.32. The van der Waals surface area contributed by atoms with Gasteiger partial charge >= 0.3 is 0 Å². The van der Waals surface area contributed by atoms with Crippen LogP contribution in [-0.2, 0) is 6.54 Å². The first-order valence-corrected chi connectivity index (χ1v) is 7.26. The minimum Gasteiger partial charge on any atom is -0.357 e. The van der Waals surface area contributed by atoms with E-state index >= 15 is 0 Å². The van der Waals surface area contributed by atoms with Crippen molar-refractivity contribution in [2.45, 2.75) is 6.54 Å². The Balaban J connectivity index is 1.78. The average molecular weight is 310 g/mol. The summed E-state index contributed by atoms with van der Waals surface area (Å²) in [5.74, 6) is 0. The van der Waals surface area contributed by atoms with Gasteiger partial charge in [0, 0.05) is 16.4 Å². The van der Waals surface area contributed by atoms with E-state index in [9.17, 15) is 0 Å². The summed E-state index contributed by atoms with van der Waals surface area (Å²) in [7, 11) is 0. The van der Waals surface area contributed by atoms with E-state index in [0.29, 0.717) is 11.7 Å². The summed E-state index contributed by atoms with van der Waals surface area (Å²) in [4.78, 5) is 1.07. The standard InChI is InChI=1S/C13H12ClN3S2/c14-12-6-2-1-4-10(12)8-15-13(18)17-16-9-11-5-3-7-19-11/h1-7,9H,8H2,(H2,15,17,18)/b16-9+. The zero-order chi connectivity index (χ0) is 13.5. The molecule has 0 radical (unpaired) electrons. The molecule has 19 heavy (non-hydrogen) atoms. The molecule has 0 aliphatic rings. The van der Waals surface area contributed by atoms with Gasteiger partial charge in [0.1, 0.15) is 0 Å². The molecule has 0 fully saturated rings. The highest BCUT2D eigenvalue weighted by molar-refractivity contribution is 7.80.